The van der Waals surface area contributed by atoms with E-state index in [0.717, 1.165) is 5.52 Å². The summed E-state index contributed by atoms with van der Waals surface area (Å²) in [5.74, 6) is -0.434. The average Bonchev–Trinajstić information content (AvgIpc) is 3.11. The molecule has 1 aromatic heterocycles. The van der Waals surface area contributed by atoms with Crippen LogP contribution in [0.4, 0.5) is 4.39 Å². The molecule has 0 spiro atoms. The number of nitrogens with zero attached hydrogens (tertiary/aromatic N) is 3. The summed E-state index contributed by atoms with van der Waals surface area (Å²) in [7, 11) is 0. The number of carbonyl (C=O) groups is 1. The van der Waals surface area contributed by atoms with Crippen molar-refractivity contribution in [1.29, 1.82) is 0 Å². The van der Waals surface area contributed by atoms with Crippen LogP contribution in [0, 0.1) is 5.82 Å². The van der Waals surface area contributed by atoms with E-state index in [1.54, 1.807) is 35.5 Å². The highest BCUT2D eigenvalue weighted by Gasteiger charge is 2.35. The Balaban J connectivity index is 1.48. The molecule has 6 nitrogen and oxygen atoms in total. The van der Waals surface area contributed by atoms with Crippen molar-refractivity contribution >= 4 is 16.9 Å². The number of hydrogen-bond donors (Lipinski definition) is 2. The van der Waals surface area contributed by atoms with Crippen LogP contribution in [0.2, 0.25) is 0 Å². The minimum absolute atomic E-state index is 0.0247. The number of halogens is 1. The number of piperidine rings is 1. The predicted octanol–water partition coefficient (Wildman–Crippen LogP) is 2.29. The number of amides is 1. The molecule has 1 aliphatic heterocycles. The quantitative estimate of drug-likeness (QED) is 0.725. The second-order valence-electron chi connectivity index (χ2n) is 7.20. The molecule has 2 aromatic carbocycles. The van der Waals surface area contributed by atoms with E-state index in [0.29, 0.717) is 49.1 Å². The van der Waals surface area contributed by atoms with Crippen molar-refractivity contribution in [1.82, 2.24) is 14.5 Å². The largest absolute Gasteiger partial charge is 0.395 e. The number of aliphatic hydroxyl groups excluding tert-OH is 1. The Morgan fingerprint density at radius 1 is 1.14 bits per heavy atom. The van der Waals surface area contributed by atoms with Gasteiger partial charge in [0.2, 0.25) is 0 Å². The SMILES string of the molecule is O=C(c1ccc2c(c1)ncn2CCO)N1CCC(O)(c2ccc(F)cc2)CC1. The number of fused-ring (bicyclic) bond motifs is 1. The number of hydrogen-bond acceptors (Lipinski definition) is 4. The van der Waals surface area contributed by atoms with Crippen LogP contribution in [0.15, 0.2) is 48.8 Å². The number of aliphatic hydroxyl groups is 2. The lowest BCUT2D eigenvalue weighted by Crippen LogP contribution is -2.45. The molecule has 0 bridgehead atoms. The highest BCUT2D eigenvalue weighted by molar-refractivity contribution is 5.97. The second kappa shape index (κ2) is 7.33. The van der Waals surface area contributed by atoms with Crippen molar-refractivity contribution in [2.45, 2.75) is 25.0 Å². The van der Waals surface area contributed by atoms with Gasteiger partial charge in [0.25, 0.3) is 5.91 Å². The smallest absolute Gasteiger partial charge is 0.253 e. The standard InChI is InChI=1S/C21H22FN3O3/c22-17-4-2-16(3-5-17)21(28)7-9-24(10-8-21)20(27)15-1-6-19-18(13-15)23-14-25(19)11-12-26/h1-6,13-14,26,28H,7-12H2. The van der Waals surface area contributed by atoms with Crippen LogP contribution < -0.4 is 0 Å². The van der Waals surface area contributed by atoms with E-state index >= 15 is 0 Å². The molecule has 4 rings (SSSR count). The Bertz CT molecular complexity index is 992. The van der Waals surface area contributed by atoms with Crippen molar-refractivity contribution in [3.05, 3.63) is 65.7 Å². The highest BCUT2D eigenvalue weighted by atomic mass is 19.1. The Hall–Kier alpha value is -2.77. The van der Waals surface area contributed by atoms with Gasteiger partial charge in [-0.25, -0.2) is 9.37 Å². The molecule has 7 heteroatoms. The Labute approximate surface area is 161 Å². The maximum Gasteiger partial charge on any atom is 0.253 e. The third-order valence-corrected chi connectivity index (χ3v) is 5.47. The van der Waals surface area contributed by atoms with Crippen molar-refractivity contribution in [3.8, 4) is 0 Å². The van der Waals surface area contributed by atoms with Crippen LogP contribution in [0.5, 0.6) is 0 Å². The lowest BCUT2D eigenvalue weighted by atomic mass is 9.84. The van der Waals surface area contributed by atoms with Crippen LogP contribution in [-0.2, 0) is 12.1 Å². The topological polar surface area (TPSA) is 78.6 Å². The Morgan fingerprint density at radius 2 is 1.86 bits per heavy atom. The Morgan fingerprint density at radius 3 is 2.54 bits per heavy atom. The van der Waals surface area contributed by atoms with Crippen LogP contribution in [-0.4, -0.2) is 50.3 Å². The minimum Gasteiger partial charge on any atom is -0.395 e. The molecule has 1 fully saturated rings. The van der Waals surface area contributed by atoms with E-state index in [1.807, 2.05) is 10.6 Å². The first-order valence-electron chi connectivity index (χ1n) is 9.34. The molecule has 2 N–H and O–H groups in total. The summed E-state index contributed by atoms with van der Waals surface area (Å²) in [5.41, 5.74) is 1.76. The van der Waals surface area contributed by atoms with Crippen LogP contribution in [0.25, 0.3) is 11.0 Å². The van der Waals surface area contributed by atoms with Gasteiger partial charge in [-0.3, -0.25) is 4.79 Å². The summed E-state index contributed by atoms with van der Waals surface area (Å²) in [6.07, 6.45) is 2.45. The third kappa shape index (κ3) is 3.39. The molecule has 0 aliphatic carbocycles. The van der Waals surface area contributed by atoms with Gasteiger partial charge in [-0.1, -0.05) is 12.1 Å². The molecule has 2 heterocycles. The fraction of sp³-hybridized carbons (Fsp3) is 0.333. The van der Waals surface area contributed by atoms with Gasteiger partial charge in [0, 0.05) is 25.2 Å². The maximum absolute atomic E-state index is 13.1. The van der Waals surface area contributed by atoms with E-state index in [-0.39, 0.29) is 18.3 Å². The molecule has 0 unspecified atom stereocenters. The van der Waals surface area contributed by atoms with E-state index in [4.69, 9.17) is 5.11 Å². The van der Waals surface area contributed by atoms with Crippen LogP contribution in [0.1, 0.15) is 28.8 Å². The van der Waals surface area contributed by atoms with Gasteiger partial charge in [0.05, 0.1) is 29.6 Å². The van der Waals surface area contributed by atoms with E-state index in [9.17, 15) is 14.3 Å². The van der Waals surface area contributed by atoms with Crippen molar-refractivity contribution in [2.24, 2.45) is 0 Å². The number of benzene rings is 2. The van der Waals surface area contributed by atoms with Gasteiger partial charge in [0.1, 0.15) is 5.82 Å². The average molecular weight is 383 g/mol. The number of aromatic nitrogens is 2. The normalized spacial score (nSPS) is 16.5. The molecule has 146 valence electrons. The number of likely N-dealkylation sites (tertiary alicyclic amines) is 1. The first-order valence-corrected chi connectivity index (χ1v) is 9.34. The molecular formula is C21H22FN3O3. The van der Waals surface area contributed by atoms with E-state index in [2.05, 4.69) is 4.98 Å². The lowest BCUT2D eigenvalue weighted by Gasteiger charge is -2.38. The maximum atomic E-state index is 13.1. The highest BCUT2D eigenvalue weighted by Crippen LogP contribution is 2.33. The molecule has 1 aliphatic rings. The summed E-state index contributed by atoms with van der Waals surface area (Å²) in [6, 6.07) is 11.2. The van der Waals surface area contributed by atoms with Gasteiger partial charge in [-0.15, -0.1) is 0 Å². The fourth-order valence-corrected chi connectivity index (χ4v) is 3.79. The monoisotopic (exact) mass is 383 g/mol. The summed E-state index contributed by atoms with van der Waals surface area (Å²) in [4.78, 5) is 18.9. The lowest BCUT2D eigenvalue weighted by molar-refractivity contribution is -0.0211. The zero-order valence-electron chi connectivity index (χ0n) is 15.4. The summed E-state index contributed by atoms with van der Waals surface area (Å²) in [5, 5.41) is 20.0. The van der Waals surface area contributed by atoms with Crippen molar-refractivity contribution in [3.63, 3.8) is 0 Å². The molecule has 0 atom stereocenters. The third-order valence-electron chi connectivity index (χ3n) is 5.47. The van der Waals surface area contributed by atoms with Gasteiger partial charge < -0.3 is 19.7 Å². The van der Waals surface area contributed by atoms with Crippen molar-refractivity contribution < 1.29 is 19.4 Å². The number of imidazole rings is 1. The second-order valence-corrected chi connectivity index (χ2v) is 7.20. The Kier molecular flexibility index (Phi) is 4.87. The van der Waals surface area contributed by atoms with Gasteiger partial charge in [0.15, 0.2) is 0 Å². The van der Waals surface area contributed by atoms with Crippen molar-refractivity contribution in [2.75, 3.05) is 19.7 Å². The van der Waals surface area contributed by atoms with Gasteiger partial charge in [-0.05, 0) is 48.7 Å². The zero-order valence-corrected chi connectivity index (χ0v) is 15.4. The summed E-state index contributed by atoms with van der Waals surface area (Å²) < 4.78 is 15.0. The van der Waals surface area contributed by atoms with Crippen LogP contribution in [0.3, 0.4) is 0 Å². The fourth-order valence-electron chi connectivity index (χ4n) is 3.79. The summed E-state index contributed by atoms with van der Waals surface area (Å²) in [6.45, 7) is 1.32. The van der Waals surface area contributed by atoms with Crippen LogP contribution >= 0.6 is 0 Å². The molecule has 1 amide bonds. The zero-order chi connectivity index (χ0) is 19.7. The molecule has 0 saturated carbocycles. The predicted molar refractivity (Wildman–Crippen MR) is 102 cm³/mol. The molecule has 28 heavy (non-hydrogen) atoms. The first kappa shape index (κ1) is 18.6. The first-order chi connectivity index (χ1) is 13.5. The van der Waals surface area contributed by atoms with E-state index in [1.165, 1.54) is 12.1 Å². The van der Waals surface area contributed by atoms with Gasteiger partial charge in [-0.2, -0.15) is 0 Å². The molecule has 3 aromatic rings. The van der Waals surface area contributed by atoms with E-state index < -0.39 is 5.60 Å². The minimum atomic E-state index is -1.04. The van der Waals surface area contributed by atoms with Gasteiger partial charge >= 0.3 is 0 Å². The molecule has 1 saturated heterocycles. The molecule has 0 radical (unpaired) electrons. The molecular weight excluding hydrogens is 361 g/mol. The number of carbonyl (C=O) groups excluding carboxylic acids is 1. The number of rotatable bonds is 4. The summed E-state index contributed by atoms with van der Waals surface area (Å²) >= 11 is 0.